The predicted molar refractivity (Wildman–Crippen MR) is 162 cm³/mol. The Morgan fingerprint density at radius 3 is 2.56 bits per heavy atom. The van der Waals surface area contributed by atoms with Crippen molar-refractivity contribution in [2.75, 3.05) is 30.9 Å². The molecule has 2 N–H and O–H groups in total. The number of likely N-dealkylation sites (tertiary alicyclic amines) is 1. The van der Waals surface area contributed by atoms with Gasteiger partial charge in [-0.3, -0.25) is 0 Å². The van der Waals surface area contributed by atoms with Crippen molar-refractivity contribution in [3.8, 4) is 0 Å². The highest BCUT2D eigenvalue weighted by Gasteiger charge is 2.18. The van der Waals surface area contributed by atoms with E-state index in [4.69, 9.17) is 33.2 Å². The summed E-state index contributed by atoms with van der Waals surface area (Å²) in [7, 11) is 2.17. The number of rotatable bonds is 7. The van der Waals surface area contributed by atoms with E-state index >= 15 is 0 Å². The number of nitrogens with zero attached hydrogens (tertiary/aromatic N) is 5. The molecular weight excluding hydrogens is 529 g/mol. The highest BCUT2D eigenvalue weighted by molar-refractivity contribution is 6.42. The first kappa shape index (κ1) is 25.6. The van der Waals surface area contributed by atoms with Gasteiger partial charge in [0, 0.05) is 40.6 Å². The van der Waals surface area contributed by atoms with E-state index in [1.165, 1.54) is 0 Å². The van der Waals surface area contributed by atoms with Gasteiger partial charge < -0.3 is 14.8 Å². The van der Waals surface area contributed by atoms with Gasteiger partial charge in [-0.25, -0.2) is 10.4 Å². The minimum absolute atomic E-state index is 0.384. The van der Waals surface area contributed by atoms with Crippen LogP contribution < -0.4 is 10.7 Å². The molecule has 0 amide bonds. The van der Waals surface area contributed by atoms with Crippen LogP contribution in [0.4, 0.5) is 11.8 Å². The summed E-state index contributed by atoms with van der Waals surface area (Å²) in [6.07, 6.45) is 6.04. The van der Waals surface area contributed by atoms with E-state index in [0.29, 0.717) is 28.6 Å². The average Bonchev–Trinajstić information content (AvgIpc) is 3.30. The van der Waals surface area contributed by atoms with Crippen molar-refractivity contribution in [3.05, 3.63) is 94.1 Å². The van der Waals surface area contributed by atoms with Gasteiger partial charge in [0.15, 0.2) is 0 Å². The summed E-state index contributed by atoms with van der Waals surface area (Å²) < 4.78 is 2.16. The molecule has 0 unspecified atom stereocenters. The van der Waals surface area contributed by atoms with E-state index in [-0.39, 0.29) is 0 Å². The van der Waals surface area contributed by atoms with Crippen LogP contribution in [0.5, 0.6) is 0 Å². The molecule has 0 aliphatic carbocycles. The molecule has 6 rings (SSSR count). The third-order valence-electron chi connectivity index (χ3n) is 7.22. The number of fused-ring (bicyclic) bond motifs is 2. The summed E-state index contributed by atoms with van der Waals surface area (Å²) in [5.41, 5.74) is 6.95. The molecular formula is C30H29Cl2N7. The van der Waals surface area contributed by atoms with Crippen LogP contribution in [0.2, 0.25) is 10.0 Å². The second-order valence-corrected chi connectivity index (χ2v) is 10.7. The van der Waals surface area contributed by atoms with Crippen LogP contribution in [0.15, 0.2) is 78.0 Å². The van der Waals surface area contributed by atoms with Gasteiger partial charge in [-0.05, 0) is 62.8 Å². The Labute approximate surface area is 237 Å². The molecule has 7 nitrogen and oxygen atoms in total. The van der Waals surface area contributed by atoms with E-state index in [1.807, 2.05) is 42.5 Å². The second kappa shape index (κ2) is 11.2. The maximum Gasteiger partial charge on any atom is 0.246 e. The van der Waals surface area contributed by atoms with Gasteiger partial charge in [0.2, 0.25) is 5.95 Å². The smallest absolute Gasteiger partial charge is 0.246 e. The number of halogens is 2. The fourth-order valence-electron chi connectivity index (χ4n) is 5.11. The van der Waals surface area contributed by atoms with Crippen molar-refractivity contribution in [1.29, 1.82) is 0 Å². The molecule has 39 heavy (non-hydrogen) atoms. The molecule has 0 radical (unpaired) electrons. The Bertz CT molecular complexity index is 1650. The van der Waals surface area contributed by atoms with Crippen LogP contribution in [0.25, 0.3) is 21.8 Å². The van der Waals surface area contributed by atoms with Crippen LogP contribution in [0.3, 0.4) is 0 Å². The Balaban J connectivity index is 1.26. The lowest BCUT2D eigenvalue weighted by Gasteiger charge is -2.30. The van der Waals surface area contributed by atoms with Crippen LogP contribution in [0.1, 0.15) is 24.0 Å². The lowest BCUT2D eigenvalue weighted by atomic mass is 10.1. The number of nitrogens with one attached hydrogen (secondary N) is 2. The number of benzene rings is 3. The molecule has 0 bridgehead atoms. The van der Waals surface area contributed by atoms with Gasteiger partial charge in [0.05, 0.1) is 21.8 Å². The van der Waals surface area contributed by atoms with Gasteiger partial charge in [0.25, 0.3) is 0 Å². The van der Waals surface area contributed by atoms with E-state index < -0.39 is 0 Å². The summed E-state index contributed by atoms with van der Waals surface area (Å²) in [6, 6.07) is 22.4. The minimum atomic E-state index is 0.384. The van der Waals surface area contributed by atoms with Crippen LogP contribution in [-0.4, -0.2) is 51.8 Å². The lowest BCUT2D eigenvalue weighted by Crippen LogP contribution is -2.37. The number of aromatic nitrogens is 3. The van der Waals surface area contributed by atoms with Crippen LogP contribution in [0, 0.1) is 0 Å². The quantitative estimate of drug-likeness (QED) is 0.168. The first-order chi connectivity index (χ1) is 19.0. The first-order valence-corrected chi connectivity index (χ1v) is 13.8. The second-order valence-electron chi connectivity index (χ2n) is 9.95. The van der Waals surface area contributed by atoms with Crippen LogP contribution in [-0.2, 0) is 6.54 Å². The zero-order valence-electron chi connectivity index (χ0n) is 21.6. The predicted octanol–water partition coefficient (Wildman–Crippen LogP) is 6.89. The molecule has 198 valence electrons. The van der Waals surface area contributed by atoms with E-state index in [0.717, 1.165) is 64.7 Å². The van der Waals surface area contributed by atoms with Crippen molar-refractivity contribution in [3.63, 3.8) is 0 Å². The summed E-state index contributed by atoms with van der Waals surface area (Å²) in [5, 5.41) is 11.4. The molecule has 1 fully saturated rings. The molecule has 3 aromatic carbocycles. The van der Waals surface area contributed by atoms with Crippen LogP contribution >= 0.6 is 23.2 Å². The number of hydrogen-bond acceptors (Lipinski definition) is 6. The van der Waals surface area contributed by atoms with E-state index in [2.05, 4.69) is 56.8 Å². The van der Waals surface area contributed by atoms with E-state index in [1.54, 1.807) is 12.3 Å². The SMILES string of the molecule is CN1CCC(Nc2nc(N/N=C/c3cn(Cc4cccc(Cl)c4Cl)c4ccccc34)nc3ccccc23)CC1. The number of hydrogen-bond donors (Lipinski definition) is 2. The fourth-order valence-corrected chi connectivity index (χ4v) is 5.49. The molecule has 2 aromatic heterocycles. The van der Waals surface area contributed by atoms with Crippen molar-refractivity contribution >= 4 is 63.0 Å². The molecule has 0 atom stereocenters. The lowest BCUT2D eigenvalue weighted by molar-refractivity contribution is 0.264. The number of piperidine rings is 1. The van der Waals surface area contributed by atoms with E-state index in [9.17, 15) is 0 Å². The molecule has 0 spiro atoms. The van der Waals surface area contributed by atoms with Crippen molar-refractivity contribution < 1.29 is 0 Å². The zero-order chi connectivity index (χ0) is 26.8. The first-order valence-electron chi connectivity index (χ1n) is 13.1. The fraction of sp³-hybridized carbons (Fsp3) is 0.233. The van der Waals surface area contributed by atoms with Gasteiger partial charge in [0.1, 0.15) is 5.82 Å². The van der Waals surface area contributed by atoms with Gasteiger partial charge >= 0.3 is 0 Å². The molecule has 1 aliphatic rings. The van der Waals surface area contributed by atoms with Gasteiger partial charge in [-0.15, -0.1) is 0 Å². The summed E-state index contributed by atoms with van der Waals surface area (Å²) in [5.74, 6) is 1.29. The Hall–Kier alpha value is -3.65. The van der Waals surface area contributed by atoms with Crippen molar-refractivity contribution in [2.24, 2.45) is 5.10 Å². The summed E-state index contributed by atoms with van der Waals surface area (Å²) >= 11 is 12.7. The monoisotopic (exact) mass is 557 g/mol. The summed E-state index contributed by atoms with van der Waals surface area (Å²) in [6.45, 7) is 2.75. The normalized spacial score (nSPS) is 14.9. The molecule has 1 saturated heterocycles. The summed E-state index contributed by atoms with van der Waals surface area (Å²) in [4.78, 5) is 11.9. The number of para-hydroxylation sites is 2. The third kappa shape index (κ3) is 5.57. The maximum atomic E-state index is 6.47. The van der Waals surface area contributed by atoms with Gasteiger partial charge in [-0.1, -0.05) is 65.7 Å². The average molecular weight is 559 g/mol. The number of anilines is 2. The minimum Gasteiger partial charge on any atom is -0.367 e. The Morgan fingerprint density at radius 2 is 1.72 bits per heavy atom. The third-order valence-corrected chi connectivity index (χ3v) is 8.08. The highest BCUT2D eigenvalue weighted by Crippen LogP contribution is 2.29. The largest absolute Gasteiger partial charge is 0.367 e. The van der Waals surface area contributed by atoms with Crippen molar-refractivity contribution in [1.82, 2.24) is 19.4 Å². The molecule has 0 saturated carbocycles. The number of hydrazone groups is 1. The van der Waals surface area contributed by atoms with Gasteiger partial charge in [-0.2, -0.15) is 10.1 Å². The zero-order valence-corrected chi connectivity index (χ0v) is 23.1. The highest BCUT2D eigenvalue weighted by atomic mass is 35.5. The molecule has 3 heterocycles. The Kier molecular flexibility index (Phi) is 7.37. The molecule has 1 aliphatic heterocycles. The Morgan fingerprint density at radius 1 is 0.949 bits per heavy atom. The molecule has 9 heteroatoms. The standard InChI is InChI=1S/C30H29Cl2N7/c1-38-15-13-22(14-16-38)34-29-24-9-2-4-11-26(24)35-30(36-29)37-33-17-21-19-39(27-12-5-3-8-23(21)27)18-20-7-6-10-25(31)28(20)32/h2-12,17,19,22H,13-16,18H2,1H3,(H2,34,35,36,37)/b33-17+. The molecule has 5 aromatic rings. The van der Waals surface area contributed by atoms with Crippen molar-refractivity contribution in [2.45, 2.75) is 25.4 Å². The topological polar surface area (TPSA) is 70.4 Å². The maximum absolute atomic E-state index is 6.47.